The zero-order valence-corrected chi connectivity index (χ0v) is 16.2. The van der Waals surface area contributed by atoms with Crippen molar-refractivity contribution in [1.29, 1.82) is 0 Å². The molecule has 0 saturated carbocycles. The minimum absolute atomic E-state index is 0. The predicted molar refractivity (Wildman–Crippen MR) is 92.3 cm³/mol. The maximum atomic E-state index is 10.1. The molecule has 28 heavy (non-hydrogen) atoms. The number of carbonyl (C=O) groups excluding carboxylic acids is 3. The predicted octanol–water partition coefficient (Wildman–Crippen LogP) is 0.148. The Hall–Kier alpha value is -3.31. The smallest absolute Gasteiger partial charge is 0.545 e. The minimum atomic E-state index is -1.13. The second-order valence-electron chi connectivity index (χ2n) is 4.96. The summed E-state index contributed by atoms with van der Waals surface area (Å²) in [4.78, 5) is 30.3. The third-order valence-corrected chi connectivity index (χ3v) is 3.03. The van der Waals surface area contributed by atoms with Crippen LogP contribution in [0.3, 0.4) is 0 Å². The van der Waals surface area contributed by atoms with Crippen LogP contribution in [0.5, 0.6) is 0 Å². The first-order chi connectivity index (χ1) is 12.9. The van der Waals surface area contributed by atoms with Crippen LogP contribution in [-0.4, -0.2) is 17.9 Å². The van der Waals surface area contributed by atoms with Crippen molar-refractivity contribution >= 4 is 17.9 Å². The van der Waals surface area contributed by atoms with Crippen LogP contribution in [0.2, 0.25) is 0 Å². The Bertz CT molecular complexity index is 734. The van der Waals surface area contributed by atoms with Crippen LogP contribution in [0, 0.1) is 0 Å². The van der Waals surface area contributed by atoms with Crippen LogP contribution < -0.4 is 15.3 Å². The maximum Gasteiger partial charge on any atom is 3.00 e. The monoisotopic (exact) mass is 465 g/mol. The Morgan fingerprint density at radius 2 is 0.607 bits per heavy atom. The standard InChI is InChI=1S/3C7H6O2.Ru/c3*8-7(9)6-4-2-1-3-5-6;/h3*1-5H,(H,8,9);/q;;;+3/p-3. The van der Waals surface area contributed by atoms with Gasteiger partial charge in [0.1, 0.15) is 0 Å². The van der Waals surface area contributed by atoms with E-state index in [9.17, 15) is 29.7 Å². The van der Waals surface area contributed by atoms with Gasteiger partial charge in [0, 0.05) is 0 Å². The number of rotatable bonds is 3. The summed E-state index contributed by atoms with van der Waals surface area (Å²) in [6.45, 7) is 0. The Balaban J connectivity index is 0.000000384. The molecule has 0 heterocycles. The van der Waals surface area contributed by atoms with Crippen molar-refractivity contribution in [3.63, 3.8) is 0 Å². The van der Waals surface area contributed by atoms with Crippen LogP contribution in [-0.2, 0) is 19.5 Å². The maximum absolute atomic E-state index is 10.1. The summed E-state index contributed by atoms with van der Waals surface area (Å²) < 4.78 is 0. The molecule has 0 atom stereocenters. The number of hydrogen-bond donors (Lipinski definition) is 0. The number of carboxylic acid groups (broad SMARTS) is 3. The van der Waals surface area contributed by atoms with Crippen molar-refractivity contribution in [3.05, 3.63) is 108 Å². The fourth-order valence-corrected chi connectivity index (χ4v) is 1.72. The molecule has 3 aromatic carbocycles. The molecule has 6 nitrogen and oxygen atoms in total. The molecule has 0 aliphatic rings. The van der Waals surface area contributed by atoms with Gasteiger partial charge in [0.05, 0.1) is 17.9 Å². The van der Waals surface area contributed by atoms with Gasteiger partial charge >= 0.3 is 19.5 Å². The topological polar surface area (TPSA) is 120 Å². The van der Waals surface area contributed by atoms with Crippen molar-refractivity contribution in [1.82, 2.24) is 0 Å². The minimum Gasteiger partial charge on any atom is -0.545 e. The molecule has 7 heteroatoms. The van der Waals surface area contributed by atoms with Crippen LogP contribution in [0.15, 0.2) is 91.0 Å². The van der Waals surface area contributed by atoms with E-state index in [2.05, 4.69) is 0 Å². The third-order valence-electron chi connectivity index (χ3n) is 3.03. The average Bonchev–Trinajstić information content (AvgIpc) is 2.71. The van der Waals surface area contributed by atoms with Gasteiger partial charge in [-0.05, 0) is 16.7 Å². The largest absolute Gasteiger partial charge is 3.00 e. The molecule has 143 valence electrons. The number of benzene rings is 3. The third kappa shape index (κ3) is 9.99. The summed E-state index contributed by atoms with van der Waals surface area (Å²) in [5.41, 5.74) is 0.660. The Morgan fingerprint density at radius 3 is 0.714 bits per heavy atom. The van der Waals surface area contributed by atoms with E-state index in [4.69, 9.17) is 0 Å². The molecule has 0 amide bonds. The van der Waals surface area contributed by atoms with Crippen LogP contribution >= 0.6 is 0 Å². The zero-order chi connectivity index (χ0) is 20.1. The fourth-order valence-electron chi connectivity index (χ4n) is 1.72. The summed E-state index contributed by atoms with van der Waals surface area (Å²) in [7, 11) is 0. The molecule has 0 aliphatic heterocycles. The molecule has 0 N–H and O–H groups in total. The Morgan fingerprint density at radius 1 is 0.429 bits per heavy atom. The van der Waals surface area contributed by atoms with Crippen molar-refractivity contribution in [3.8, 4) is 0 Å². The molecular weight excluding hydrogens is 449 g/mol. The van der Waals surface area contributed by atoms with Crippen molar-refractivity contribution in [2.24, 2.45) is 0 Å². The number of carboxylic acids is 3. The molecule has 3 aromatic rings. The SMILES string of the molecule is O=C([O-])c1ccccc1.O=C([O-])c1ccccc1.O=C([O-])c1ccccc1.[Ru+3]. The molecule has 1 radical (unpaired) electrons. The van der Waals surface area contributed by atoms with Gasteiger partial charge in [0.15, 0.2) is 0 Å². The van der Waals surface area contributed by atoms with Gasteiger partial charge < -0.3 is 29.7 Å². The molecule has 0 saturated heterocycles. The van der Waals surface area contributed by atoms with Crippen LogP contribution in [0.4, 0.5) is 0 Å². The zero-order valence-electron chi connectivity index (χ0n) is 14.5. The van der Waals surface area contributed by atoms with Gasteiger partial charge in [-0.1, -0.05) is 91.0 Å². The molecule has 0 bridgehead atoms. The first-order valence-corrected chi connectivity index (χ1v) is 7.71. The number of aromatic carboxylic acids is 3. The Labute approximate surface area is 174 Å². The average molecular weight is 464 g/mol. The van der Waals surface area contributed by atoms with E-state index in [1.165, 1.54) is 36.4 Å². The fraction of sp³-hybridized carbons (Fsp3) is 0. The second-order valence-corrected chi connectivity index (χ2v) is 4.96. The van der Waals surface area contributed by atoms with Gasteiger partial charge in [-0.25, -0.2) is 0 Å². The van der Waals surface area contributed by atoms with E-state index >= 15 is 0 Å². The van der Waals surface area contributed by atoms with Crippen molar-refractivity contribution < 1.29 is 49.2 Å². The summed E-state index contributed by atoms with van der Waals surface area (Å²) in [5, 5.41) is 30.3. The summed E-state index contributed by atoms with van der Waals surface area (Å²) >= 11 is 0. The van der Waals surface area contributed by atoms with Crippen molar-refractivity contribution in [2.45, 2.75) is 0 Å². The van der Waals surface area contributed by atoms with Crippen LogP contribution in [0.25, 0.3) is 0 Å². The first kappa shape index (κ1) is 24.7. The van der Waals surface area contributed by atoms with E-state index in [0.717, 1.165) is 0 Å². The van der Waals surface area contributed by atoms with E-state index in [1.54, 1.807) is 54.6 Å². The molecule has 0 fully saturated rings. The van der Waals surface area contributed by atoms with E-state index in [-0.39, 0.29) is 36.2 Å². The van der Waals surface area contributed by atoms with E-state index in [1.807, 2.05) is 0 Å². The number of carbonyl (C=O) groups is 3. The molecule has 0 spiro atoms. The van der Waals surface area contributed by atoms with Gasteiger partial charge in [-0.15, -0.1) is 0 Å². The van der Waals surface area contributed by atoms with Gasteiger partial charge in [-0.2, -0.15) is 0 Å². The van der Waals surface area contributed by atoms with E-state index in [0.29, 0.717) is 0 Å². The van der Waals surface area contributed by atoms with Gasteiger partial charge in [0.2, 0.25) is 0 Å². The Kier molecular flexibility index (Phi) is 12.2. The van der Waals surface area contributed by atoms with Crippen molar-refractivity contribution in [2.75, 3.05) is 0 Å². The molecular formula is C21H15O6Ru. The summed E-state index contributed by atoms with van der Waals surface area (Å²) in [5.74, 6) is -3.39. The molecule has 0 aromatic heterocycles. The first-order valence-electron chi connectivity index (χ1n) is 7.71. The normalized spacial score (nSPS) is 8.57. The van der Waals surface area contributed by atoms with Gasteiger partial charge in [-0.3, -0.25) is 0 Å². The molecule has 0 unspecified atom stereocenters. The molecule has 3 rings (SSSR count). The number of hydrogen-bond acceptors (Lipinski definition) is 6. The van der Waals surface area contributed by atoms with Gasteiger partial charge in [0.25, 0.3) is 0 Å². The molecule has 0 aliphatic carbocycles. The second kappa shape index (κ2) is 13.8. The van der Waals surface area contributed by atoms with Crippen LogP contribution in [0.1, 0.15) is 31.1 Å². The quantitative estimate of drug-likeness (QED) is 0.509. The summed E-state index contributed by atoms with van der Waals surface area (Å²) in [6, 6.07) is 24.2. The van der Waals surface area contributed by atoms with E-state index < -0.39 is 17.9 Å². The summed E-state index contributed by atoms with van der Waals surface area (Å²) in [6.07, 6.45) is 0.